The van der Waals surface area contributed by atoms with Crippen LogP contribution in [0.15, 0.2) is 89.7 Å². The summed E-state index contributed by atoms with van der Waals surface area (Å²) in [5.41, 5.74) is 8.08. The molecule has 0 unspecified atom stereocenters. The topological polar surface area (TPSA) is 63.6 Å². The minimum absolute atomic E-state index is 0.0880. The number of aromatic nitrogens is 1. The van der Waals surface area contributed by atoms with Crippen LogP contribution in [-0.4, -0.2) is 17.3 Å². The number of carbonyl (C=O) groups excluding carboxylic acids is 1. The Balaban J connectivity index is 1.45. The molecule has 1 aliphatic heterocycles. The fourth-order valence-corrected chi connectivity index (χ4v) is 4.90. The van der Waals surface area contributed by atoms with Crippen LogP contribution in [0, 0.1) is 6.92 Å². The summed E-state index contributed by atoms with van der Waals surface area (Å²) in [5, 5.41) is 4.22. The number of hydrogen-bond donors (Lipinski definition) is 1. The number of pyridine rings is 1. The van der Waals surface area contributed by atoms with Gasteiger partial charge in [-0.15, -0.1) is 0 Å². The van der Waals surface area contributed by atoms with Crippen molar-refractivity contribution in [2.24, 2.45) is 0 Å². The zero-order chi connectivity index (χ0) is 25.8. The molecule has 1 amide bonds. The highest BCUT2D eigenvalue weighted by Crippen LogP contribution is 2.32. The number of para-hydroxylation sites is 1. The van der Waals surface area contributed by atoms with Crippen LogP contribution in [0.5, 0.6) is 0 Å². The third kappa shape index (κ3) is 5.28. The van der Waals surface area contributed by atoms with Crippen molar-refractivity contribution in [1.29, 1.82) is 0 Å². The maximum Gasteiger partial charge on any atom is 0.433 e. The molecule has 0 saturated carbocycles. The number of nitrogens with zero attached hydrogens (tertiary/aromatic N) is 2. The van der Waals surface area contributed by atoms with E-state index in [-0.39, 0.29) is 5.56 Å². The molecule has 0 bridgehead atoms. The minimum atomic E-state index is -0.455. The van der Waals surface area contributed by atoms with E-state index in [2.05, 4.69) is 54.7 Å². The Kier molecular flexibility index (Phi) is 7.08. The van der Waals surface area contributed by atoms with Gasteiger partial charge in [-0.25, -0.2) is 4.79 Å². The Morgan fingerprint density at radius 1 is 0.892 bits per heavy atom. The monoisotopic (exact) mass is 493 g/mol. The van der Waals surface area contributed by atoms with E-state index >= 15 is 0 Å². The molecule has 1 aliphatic rings. The summed E-state index contributed by atoms with van der Waals surface area (Å²) in [5.74, 6) is 0. The predicted molar refractivity (Wildman–Crippen MR) is 147 cm³/mol. The highest BCUT2D eigenvalue weighted by atomic mass is 16.7. The van der Waals surface area contributed by atoms with Gasteiger partial charge in [0.15, 0.2) is 0 Å². The summed E-state index contributed by atoms with van der Waals surface area (Å²) in [6, 6.07) is 28.4. The number of hydrogen-bond acceptors (Lipinski definition) is 4. The second kappa shape index (κ2) is 10.7. The van der Waals surface area contributed by atoms with Gasteiger partial charge in [0.25, 0.3) is 5.56 Å². The maximum atomic E-state index is 13.7. The molecule has 0 aliphatic carbocycles. The van der Waals surface area contributed by atoms with Crippen molar-refractivity contribution in [3.63, 3.8) is 0 Å². The average Bonchev–Trinajstić information content (AvgIpc) is 3.36. The molecule has 1 saturated heterocycles. The first-order valence-electron chi connectivity index (χ1n) is 12.7. The largest absolute Gasteiger partial charge is 0.433 e. The first kappa shape index (κ1) is 24.4. The van der Waals surface area contributed by atoms with Crippen LogP contribution in [0.25, 0.3) is 11.1 Å². The number of benzene rings is 3. The quantitative estimate of drug-likeness (QED) is 0.335. The minimum Gasteiger partial charge on any atom is -0.320 e. The number of aryl methyl sites for hydroxylation is 2. The van der Waals surface area contributed by atoms with Gasteiger partial charge in [0.2, 0.25) is 0 Å². The first-order valence-corrected chi connectivity index (χ1v) is 12.7. The Labute approximate surface area is 217 Å². The molecule has 3 aromatic carbocycles. The standard InChI is InChI=1S/C31H31N3O3/c1-3-9-26-18-22(2)33(20-24-10-5-4-6-11-24)30(35)28(26)19-23-14-16-25(17-15-23)27-12-7-8-13-29(27)34-21-32-31(36)37-34/h4-8,10-18H,3,9,19-21H2,1-2H3,(H,32,36). The molecule has 4 aromatic rings. The van der Waals surface area contributed by atoms with Gasteiger partial charge >= 0.3 is 6.09 Å². The second-order valence-corrected chi connectivity index (χ2v) is 9.40. The normalized spacial score (nSPS) is 12.9. The molecule has 1 N–H and O–H groups in total. The van der Waals surface area contributed by atoms with E-state index in [1.54, 1.807) is 5.06 Å². The van der Waals surface area contributed by atoms with E-state index in [0.717, 1.165) is 57.6 Å². The van der Waals surface area contributed by atoms with Crippen molar-refractivity contribution < 1.29 is 9.63 Å². The van der Waals surface area contributed by atoms with E-state index in [9.17, 15) is 9.59 Å². The van der Waals surface area contributed by atoms with Crippen molar-refractivity contribution in [3.05, 3.63) is 123 Å². The van der Waals surface area contributed by atoms with Crippen LogP contribution in [0.2, 0.25) is 0 Å². The Hall–Kier alpha value is -4.32. The number of carbonyl (C=O) groups is 1. The van der Waals surface area contributed by atoms with Gasteiger partial charge < -0.3 is 9.40 Å². The van der Waals surface area contributed by atoms with Gasteiger partial charge in [0.1, 0.15) is 6.67 Å². The number of anilines is 1. The summed E-state index contributed by atoms with van der Waals surface area (Å²) in [6.45, 7) is 5.04. The lowest BCUT2D eigenvalue weighted by atomic mass is 9.95. The van der Waals surface area contributed by atoms with Crippen molar-refractivity contribution in [2.45, 2.75) is 39.7 Å². The number of amides is 1. The SMILES string of the molecule is CCCc1cc(C)n(Cc2ccccc2)c(=O)c1Cc1ccc(-c2ccccc2N2CNC(=O)O2)cc1. The molecule has 0 spiro atoms. The van der Waals surface area contributed by atoms with Gasteiger partial charge in [0.05, 0.1) is 12.2 Å². The summed E-state index contributed by atoms with van der Waals surface area (Å²) < 4.78 is 1.89. The smallest absolute Gasteiger partial charge is 0.320 e. The maximum absolute atomic E-state index is 13.7. The van der Waals surface area contributed by atoms with Gasteiger partial charge in [-0.2, -0.15) is 5.06 Å². The lowest BCUT2D eigenvalue weighted by Crippen LogP contribution is -2.28. The van der Waals surface area contributed by atoms with Crippen LogP contribution in [0.3, 0.4) is 0 Å². The molecule has 0 radical (unpaired) electrons. The zero-order valence-corrected chi connectivity index (χ0v) is 21.2. The lowest BCUT2D eigenvalue weighted by molar-refractivity contribution is 0.166. The summed E-state index contributed by atoms with van der Waals surface area (Å²) in [4.78, 5) is 30.5. The Bertz CT molecular complexity index is 1460. The molecular formula is C31H31N3O3. The third-order valence-corrected chi connectivity index (χ3v) is 6.78. The van der Waals surface area contributed by atoms with Gasteiger partial charge in [-0.1, -0.05) is 86.1 Å². The fraction of sp³-hybridized carbons (Fsp3) is 0.226. The summed E-state index contributed by atoms with van der Waals surface area (Å²) in [7, 11) is 0. The second-order valence-electron chi connectivity index (χ2n) is 9.40. The highest BCUT2D eigenvalue weighted by Gasteiger charge is 2.23. The molecule has 0 atom stereocenters. The number of nitrogens with one attached hydrogen (secondary N) is 1. The van der Waals surface area contributed by atoms with Crippen LogP contribution in [-0.2, 0) is 24.2 Å². The summed E-state index contributed by atoms with van der Waals surface area (Å²) in [6.07, 6.45) is 1.99. The molecule has 5 rings (SSSR count). The van der Waals surface area contributed by atoms with E-state index in [1.165, 1.54) is 0 Å². The molecule has 2 heterocycles. The summed E-state index contributed by atoms with van der Waals surface area (Å²) >= 11 is 0. The molecule has 6 nitrogen and oxygen atoms in total. The van der Waals surface area contributed by atoms with Crippen molar-refractivity contribution in [2.75, 3.05) is 11.7 Å². The molecule has 1 fully saturated rings. The van der Waals surface area contributed by atoms with E-state index in [0.29, 0.717) is 19.6 Å². The van der Waals surface area contributed by atoms with Gasteiger partial charge in [-0.3, -0.25) is 10.1 Å². The van der Waals surface area contributed by atoms with E-state index in [4.69, 9.17) is 4.84 Å². The van der Waals surface area contributed by atoms with E-state index in [1.807, 2.05) is 54.0 Å². The van der Waals surface area contributed by atoms with Crippen molar-refractivity contribution in [1.82, 2.24) is 9.88 Å². The van der Waals surface area contributed by atoms with E-state index < -0.39 is 6.09 Å². The molecule has 37 heavy (non-hydrogen) atoms. The average molecular weight is 494 g/mol. The van der Waals surface area contributed by atoms with Crippen LogP contribution < -0.4 is 15.9 Å². The van der Waals surface area contributed by atoms with Gasteiger partial charge in [-0.05, 0) is 47.7 Å². The first-order chi connectivity index (χ1) is 18.0. The Morgan fingerprint density at radius 2 is 1.62 bits per heavy atom. The number of rotatable bonds is 8. The van der Waals surface area contributed by atoms with Crippen molar-refractivity contribution in [3.8, 4) is 11.1 Å². The van der Waals surface area contributed by atoms with Crippen LogP contribution in [0.4, 0.5) is 10.5 Å². The zero-order valence-electron chi connectivity index (χ0n) is 21.2. The van der Waals surface area contributed by atoms with Crippen LogP contribution >= 0.6 is 0 Å². The highest BCUT2D eigenvalue weighted by molar-refractivity contribution is 5.81. The fourth-order valence-electron chi connectivity index (χ4n) is 4.90. The predicted octanol–water partition coefficient (Wildman–Crippen LogP) is 5.83. The van der Waals surface area contributed by atoms with Gasteiger partial charge in [0, 0.05) is 23.2 Å². The number of hydroxylamine groups is 1. The lowest BCUT2D eigenvalue weighted by Gasteiger charge is -2.18. The molecule has 188 valence electrons. The molecular weight excluding hydrogens is 462 g/mol. The van der Waals surface area contributed by atoms with Crippen molar-refractivity contribution >= 4 is 11.8 Å². The molecule has 1 aromatic heterocycles. The molecule has 6 heteroatoms. The van der Waals surface area contributed by atoms with Crippen LogP contribution in [0.1, 0.15) is 41.3 Å². The third-order valence-electron chi connectivity index (χ3n) is 6.78. The Morgan fingerprint density at radius 3 is 2.32 bits per heavy atom.